The van der Waals surface area contributed by atoms with E-state index in [9.17, 15) is 9.59 Å². The second-order valence-electron chi connectivity index (χ2n) is 3.93. The Morgan fingerprint density at radius 1 is 1.18 bits per heavy atom. The van der Waals surface area contributed by atoms with Gasteiger partial charge in [-0.2, -0.15) is 0 Å². The molecule has 0 aliphatic rings. The fourth-order valence-corrected chi connectivity index (χ4v) is 1.46. The van der Waals surface area contributed by atoms with Crippen LogP contribution in [0.25, 0.3) is 0 Å². The largest absolute Gasteiger partial charge is 0.496 e. The van der Waals surface area contributed by atoms with Crippen molar-refractivity contribution in [2.24, 2.45) is 5.92 Å². The van der Waals surface area contributed by atoms with Gasteiger partial charge in [-0.05, 0) is 18.2 Å². The molecule has 0 saturated heterocycles. The molecule has 1 aromatic rings. The fourth-order valence-electron chi connectivity index (χ4n) is 1.46. The minimum atomic E-state index is -0.514. The lowest BCUT2D eigenvalue weighted by molar-refractivity contribution is 0.0597. The molecular formula is C13H16O4. The molecule has 17 heavy (non-hydrogen) atoms. The van der Waals surface area contributed by atoms with E-state index in [4.69, 9.17) is 4.74 Å². The number of carbonyl (C=O) groups excluding carboxylic acids is 2. The van der Waals surface area contributed by atoms with Gasteiger partial charge >= 0.3 is 5.97 Å². The molecule has 0 amide bonds. The van der Waals surface area contributed by atoms with E-state index in [1.807, 2.05) is 13.8 Å². The third kappa shape index (κ3) is 2.84. The summed E-state index contributed by atoms with van der Waals surface area (Å²) >= 11 is 0. The minimum absolute atomic E-state index is 0.0159. The molecular weight excluding hydrogens is 220 g/mol. The number of ether oxygens (including phenoxy) is 2. The molecule has 0 saturated carbocycles. The van der Waals surface area contributed by atoms with Crippen LogP contribution in [0.5, 0.6) is 5.75 Å². The number of ketones is 1. The SMILES string of the molecule is COC(=O)c1cc(C(=O)C(C)C)ccc1OC. The lowest BCUT2D eigenvalue weighted by Gasteiger charge is -2.09. The summed E-state index contributed by atoms with van der Waals surface area (Å²) in [6.07, 6.45) is 0. The molecule has 0 spiro atoms. The van der Waals surface area contributed by atoms with Gasteiger partial charge in [-0.15, -0.1) is 0 Å². The maximum Gasteiger partial charge on any atom is 0.341 e. The summed E-state index contributed by atoms with van der Waals surface area (Å²) < 4.78 is 9.70. The van der Waals surface area contributed by atoms with Crippen LogP contribution in [0.2, 0.25) is 0 Å². The molecule has 0 heterocycles. The fraction of sp³-hybridized carbons (Fsp3) is 0.385. The minimum Gasteiger partial charge on any atom is -0.496 e. The highest BCUT2D eigenvalue weighted by Gasteiger charge is 2.17. The normalized spacial score (nSPS) is 10.2. The molecule has 0 N–H and O–H groups in total. The zero-order valence-corrected chi connectivity index (χ0v) is 10.4. The zero-order valence-electron chi connectivity index (χ0n) is 10.4. The van der Waals surface area contributed by atoms with Crippen molar-refractivity contribution in [3.8, 4) is 5.75 Å². The van der Waals surface area contributed by atoms with E-state index in [2.05, 4.69) is 4.74 Å². The van der Waals surface area contributed by atoms with Gasteiger partial charge in [-0.25, -0.2) is 4.79 Å². The number of esters is 1. The van der Waals surface area contributed by atoms with Crippen molar-refractivity contribution in [1.82, 2.24) is 0 Å². The Balaban J connectivity index is 3.22. The van der Waals surface area contributed by atoms with Crippen LogP contribution in [0.15, 0.2) is 18.2 Å². The second kappa shape index (κ2) is 5.48. The standard InChI is InChI=1S/C13H16O4/c1-8(2)12(14)9-5-6-11(16-3)10(7-9)13(15)17-4/h5-8H,1-4H3. The maximum absolute atomic E-state index is 11.8. The van der Waals surface area contributed by atoms with Crippen LogP contribution in [0.1, 0.15) is 34.6 Å². The molecule has 4 heteroatoms. The van der Waals surface area contributed by atoms with Gasteiger partial charge in [-0.3, -0.25) is 4.79 Å². The lowest BCUT2D eigenvalue weighted by atomic mass is 9.99. The van der Waals surface area contributed by atoms with E-state index < -0.39 is 5.97 Å². The number of hydrogen-bond acceptors (Lipinski definition) is 4. The Hall–Kier alpha value is -1.84. The van der Waals surface area contributed by atoms with E-state index in [-0.39, 0.29) is 17.3 Å². The predicted molar refractivity (Wildman–Crippen MR) is 63.5 cm³/mol. The Kier molecular flexibility index (Phi) is 4.26. The third-order valence-electron chi connectivity index (χ3n) is 2.41. The molecule has 0 atom stereocenters. The number of methoxy groups -OCH3 is 2. The topological polar surface area (TPSA) is 52.6 Å². The van der Waals surface area contributed by atoms with Crippen molar-refractivity contribution >= 4 is 11.8 Å². The number of benzene rings is 1. The zero-order chi connectivity index (χ0) is 13.0. The monoisotopic (exact) mass is 236 g/mol. The summed E-state index contributed by atoms with van der Waals surface area (Å²) in [5.74, 6) is -0.246. The summed E-state index contributed by atoms with van der Waals surface area (Å²) in [6, 6.07) is 4.75. The van der Waals surface area contributed by atoms with Gasteiger partial charge in [0.25, 0.3) is 0 Å². The summed E-state index contributed by atoms with van der Waals surface area (Å²) in [5.41, 5.74) is 0.753. The quantitative estimate of drug-likeness (QED) is 0.594. The van der Waals surface area contributed by atoms with Gasteiger partial charge in [0, 0.05) is 11.5 Å². The third-order valence-corrected chi connectivity index (χ3v) is 2.41. The van der Waals surface area contributed by atoms with Crippen molar-refractivity contribution < 1.29 is 19.1 Å². The van der Waals surface area contributed by atoms with Crippen LogP contribution < -0.4 is 4.74 Å². The number of carbonyl (C=O) groups is 2. The van der Waals surface area contributed by atoms with Gasteiger partial charge in [-0.1, -0.05) is 13.8 Å². The Morgan fingerprint density at radius 3 is 2.29 bits per heavy atom. The van der Waals surface area contributed by atoms with Crippen molar-refractivity contribution in [3.05, 3.63) is 29.3 Å². The summed E-state index contributed by atoms with van der Waals surface area (Å²) in [5, 5.41) is 0. The first kappa shape index (κ1) is 13.2. The highest BCUT2D eigenvalue weighted by molar-refractivity contribution is 6.01. The summed E-state index contributed by atoms with van der Waals surface area (Å²) in [7, 11) is 2.75. The first-order valence-corrected chi connectivity index (χ1v) is 5.31. The molecule has 0 unspecified atom stereocenters. The van der Waals surface area contributed by atoms with Crippen LogP contribution in [-0.4, -0.2) is 26.0 Å². The Bertz CT molecular complexity index is 435. The van der Waals surface area contributed by atoms with Crippen LogP contribution in [0, 0.1) is 5.92 Å². The van der Waals surface area contributed by atoms with Gasteiger partial charge in [0.15, 0.2) is 5.78 Å². The number of Topliss-reactive ketones (excluding diaryl/α,β-unsaturated/α-hetero) is 1. The molecule has 1 aromatic carbocycles. The molecule has 0 fully saturated rings. The van der Waals surface area contributed by atoms with Crippen LogP contribution in [0.3, 0.4) is 0 Å². The first-order valence-electron chi connectivity index (χ1n) is 5.31. The maximum atomic E-state index is 11.8. The van der Waals surface area contributed by atoms with Gasteiger partial charge in [0.05, 0.1) is 14.2 Å². The van der Waals surface area contributed by atoms with E-state index in [0.717, 1.165) is 0 Å². The summed E-state index contributed by atoms with van der Waals surface area (Å²) in [4.78, 5) is 23.3. The Morgan fingerprint density at radius 2 is 1.82 bits per heavy atom. The van der Waals surface area contributed by atoms with Crippen molar-refractivity contribution in [2.75, 3.05) is 14.2 Å². The van der Waals surface area contributed by atoms with E-state index in [0.29, 0.717) is 11.3 Å². The van der Waals surface area contributed by atoms with Crippen molar-refractivity contribution in [3.63, 3.8) is 0 Å². The van der Waals surface area contributed by atoms with Crippen LogP contribution >= 0.6 is 0 Å². The van der Waals surface area contributed by atoms with Crippen molar-refractivity contribution in [1.29, 1.82) is 0 Å². The average Bonchev–Trinajstić information content (AvgIpc) is 2.35. The molecule has 1 rings (SSSR count). The molecule has 4 nitrogen and oxygen atoms in total. The molecule has 0 aliphatic carbocycles. The van der Waals surface area contributed by atoms with Crippen LogP contribution in [-0.2, 0) is 4.74 Å². The molecule has 92 valence electrons. The highest BCUT2D eigenvalue weighted by Crippen LogP contribution is 2.22. The lowest BCUT2D eigenvalue weighted by Crippen LogP contribution is -2.10. The Labute approximate surface area is 101 Å². The van der Waals surface area contributed by atoms with Crippen molar-refractivity contribution in [2.45, 2.75) is 13.8 Å². The van der Waals surface area contributed by atoms with E-state index in [1.54, 1.807) is 12.1 Å². The van der Waals surface area contributed by atoms with E-state index in [1.165, 1.54) is 20.3 Å². The predicted octanol–water partition coefficient (Wildman–Crippen LogP) is 2.32. The first-order chi connectivity index (χ1) is 8.01. The molecule has 0 aromatic heterocycles. The highest BCUT2D eigenvalue weighted by atomic mass is 16.5. The molecule has 0 radical (unpaired) electrons. The second-order valence-corrected chi connectivity index (χ2v) is 3.93. The summed E-state index contributed by atoms with van der Waals surface area (Å²) in [6.45, 7) is 3.62. The van der Waals surface area contributed by atoms with Gasteiger partial charge in [0.1, 0.15) is 11.3 Å². The van der Waals surface area contributed by atoms with Gasteiger partial charge < -0.3 is 9.47 Å². The van der Waals surface area contributed by atoms with E-state index >= 15 is 0 Å². The number of hydrogen-bond donors (Lipinski definition) is 0. The molecule has 0 aliphatic heterocycles. The molecule has 0 bridgehead atoms. The van der Waals surface area contributed by atoms with Crippen LogP contribution in [0.4, 0.5) is 0 Å². The van der Waals surface area contributed by atoms with Gasteiger partial charge in [0.2, 0.25) is 0 Å². The number of rotatable bonds is 4. The average molecular weight is 236 g/mol. The smallest absolute Gasteiger partial charge is 0.341 e.